The zero-order valence-corrected chi connectivity index (χ0v) is 25.0. The van der Waals surface area contributed by atoms with Crippen molar-refractivity contribution in [2.45, 2.75) is 64.3 Å². The average Bonchev–Trinajstić information content (AvgIpc) is 3.20. The van der Waals surface area contributed by atoms with Crippen LogP contribution in [0.5, 0.6) is 5.75 Å². The zero-order valence-electron chi connectivity index (χ0n) is 24.2. The van der Waals surface area contributed by atoms with Gasteiger partial charge in [-0.1, -0.05) is 53.9 Å². The molecule has 10 heteroatoms. The molecule has 2 aromatic carbocycles. The summed E-state index contributed by atoms with van der Waals surface area (Å²) in [4.78, 5) is 39.2. The highest BCUT2D eigenvalue weighted by Gasteiger charge is 2.56. The zero-order chi connectivity index (χ0) is 30.7. The van der Waals surface area contributed by atoms with Gasteiger partial charge >= 0.3 is 13.1 Å². The van der Waals surface area contributed by atoms with Crippen molar-refractivity contribution in [3.05, 3.63) is 75.8 Å². The van der Waals surface area contributed by atoms with Crippen LogP contribution >= 0.6 is 11.6 Å². The summed E-state index contributed by atoms with van der Waals surface area (Å²) in [5, 5.41) is 29.9. The molecule has 2 amide bonds. The number of phenols is 1. The molecule has 5 rings (SSSR count). The molecule has 0 aromatic heterocycles. The third kappa shape index (κ3) is 6.90. The molecule has 2 heterocycles. The fraction of sp³-hybridized carbons (Fsp3) is 0.424. The van der Waals surface area contributed by atoms with Crippen LogP contribution in [0.25, 0.3) is 11.6 Å². The Labute approximate surface area is 257 Å². The fourth-order valence-electron chi connectivity index (χ4n) is 6.99. The number of amides is 2. The minimum absolute atomic E-state index is 0.0735. The van der Waals surface area contributed by atoms with Gasteiger partial charge in [-0.2, -0.15) is 0 Å². The van der Waals surface area contributed by atoms with Gasteiger partial charge in [0.15, 0.2) is 0 Å². The second-order valence-corrected chi connectivity index (χ2v) is 12.2. The summed E-state index contributed by atoms with van der Waals surface area (Å²) in [7, 11) is -1.05. The maximum Gasteiger partial charge on any atom is 0.455 e. The SMILES string of the molecule is CC1=C2[C@@H](CC/C(=C/c3ccc(O)cc3Cl)c3ccccc3)OB(O)C[C@@H]2[C@@H]2C(=O)N(CCCCCC(=O)O)C(=O)[C@@H]2C1. The van der Waals surface area contributed by atoms with Crippen LogP contribution in [0.1, 0.15) is 63.0 Å². The lowest BCUT2D eigenvalue weighted by Gasteiger charge is -2.42. The van der Waals surface area contributed by atoms with Crippen molar-refractivity contribution >= 4 is 48.2 Å². The number of imide groups is 1. The molecule has 2 saturated heterocycles. The van der Waals surface area contributed by atoms with Crippen molar-refractivity contribution in [2.24, 2.45) is 17.8 Å². The van der Waals surface area contributed by atoms with E-state index in [1.54, 1.807) is 12.1 Å². The molecule has 0 saturated carbocycles. The van der Waals surface area contributed by atoms with E-state index in [2.05, 4.69) is 0 Å². The van der Waals surface area contributed by atoms with Gasteiger partial charge in [0.05, 0.1) is 23.0 Å². The fourth-order valence-corrected chi connectivity index (χ4v) is 7.22. The first-order valence-corrected chi connectivity index (χ1v) is 15.4. The number of aliphatic carboxylic acids is 1. The van der Waals surface area contributed by atoms with Crippen LogP contribution < -0.4 is 0 Å². The van der Waals surface area contributed by atoms with E-state index in [0.717, 1.165) is 27.8 Å². The summed E-state index contributed by atoms with van der Waals surface area (Å²) in [6, 6.07) is 14.8. The van der Waals surface area contributed by atoms with Gasteiger partial charge in [0, 0.05) is 13.0 Å². The molecule has 4 atom stereocenters. The Morgan fingerprint density at radius 1 is 1.07 bits per heavy atom. The molecule has 2 aromatic rings. The van der Waals surface area contributed by atoms with Gasteiger partial charge in [0.25, 0.3) is 0 Å². The smallest absolute Gasteiger partial charge is 0.455 e. The van der Waals surface area contributed by atoms with Crippen LogP contribution in [0, 0.1) is 17.8 Å². The number of benzene rings is 2. The lowest BCUT2D eigenvalue weighted by atomic mass is 9.58. The van der Waals surface area contributed by atoms with Crippen molar-refractivity contribution in [1.82, 2.24) is 4.90 Å². The molecule has 2 fully saturated rings. The third-order valence-electron chi connectivity index (χ3n) is 8.95. The number of carbonyl (C=O) groups is 3. The number of hydrogen-bond donors (Lipinski definition) is 3. The summed E-state index contributed by atoms with van der Waals surface area (Å²) < 4.78 is 6.10. The molecular formula is C33H37BClNO7. The van der Waals surface area contributed by atoms with E-state index in [1.807, 2.05) is 43.3 Å². The van der Waals surface area contributed by atoms with Crippen molar-refractivity contribution in [3.8, 4) is 5.75 Å². The molecule has 0 radical (unpaired) electrons. The van der Waals surface area contributed by atoms with E-state index in [1.165, 1.54) is 11.0 Å². The highest BCUT2D eigenvalue weighted by atomic mass is 35.5. The van der Waals surface area contributed by atoms with Crippen LogP contribution in [0.4, 0.5) is 0 Å². The summed E-state index contributed by atoms with van der Waals surface area (Å²) in [5.74, 6) is -2.36. The number of aromatic hydroxyl groups is 1. The van der Waals surface area contributed by atoms with E-state index in [4.69, 9.17) is 21.4 Å². The van der Waals surface area contributed by atoms with E-state index < -0.39 is 31.0 Å². The van der Waals surface area contributed by atoms with Gasteiger partial charge < -0.3 is 19.9 Å². The number of likely N-dealkylation sites (tertiary alicyclic amines) is 1. The van der Waals surface area contributed by atoms with Crippen LogP contribution in [0.15, 0.2) is 59.7 Å². The highest BCUT2D eigenvalue weighted by molar-refractivity contribution is 6.43. The molecule has 2 aliphatic heterocycles. The predicted molar refractivity (Wildman–Crippen MR) is 165 cm³/mol. The maximum absolute atomic E-state index is 13.6. The van der Waals surface area contributed by atoms with Crippen LogP contribution in [-0.4, -0.2) is 57.7 Å². The summed E-state index contributed by atoms with van der Waals surface area (Å²) in [6.07, 6.45) is 5.28. The van der Waals surface area contributed by atoms with Crippen molar-refractivity contribution < 1.29 is 34.3 Å². The number of halogens is 1. The molecule has 0 spiro atoms. The molecule has 3 aliphatic rings. The standard InChI is InChI=1S/C33H37BClNO7/c1-20-16-25-31(33(41)36(32(25)40)15-7-3-6-10-29(38)39)26-19-34(42)43-28(30(20)26)14-12-22(21-8-4-2-5-9-21)17-23-11-13-24(37)18-27(23)35/h2,4-5,8-9,11,13,17-18,25-26,28,31,37,42H,3,6-7,10,12,14-16,19H2,1H3,(H,38,39)/b22-17-/t25-,26+,28-,31-/m1/s1. The lowest BCUT2D eigenvalue weighted by molar-refractivity contribution is -0.141. The van der Waals surface area contributed by atoms with Gasteiger partial charge in [-0.05, 0) is 97.8 Å². The number of hydrogen-bond acceptors (Lipinski definition) is 6. The first-order chi connectivity index (χ1) is 20.6. The van der Waals surface area contributed by atoms with E-state index >= 15 is 0 Å². The number of rotatable bonds is 11. The first kappa shape index (κ1) is 31.0. The quantitative estimate of drug-likeness (QED) is 0.0968. The minimum atomic E-state index is -1.05. The number of unbranched alkanes of at least 4 members (excludes halogenated alkanes) is 2. The van der Waals surface area contributed by atoms with Gasteiger partial charge in [0.1, 0.15) is 5.75 Å². The highest BCUT2D eigenvalue weighted by Crippen LogP contribution is 2.50. The molecule has 0 bridgehead atoms. The summed E-state index contributed by atoms with van der Waals surface area (Å²) >= 11 is 6.43. The molecule has 43 heavy (non-hydrogen) atoms. The van der Waals surface area contributed by atoms with Gasteiger partial charge in [-0.25, -0.2) is 0 Å². The van der Waals surface area contributed by atoms with Crippen molar-refractivity contribution in [3.63, 3.8) is 0 Å². The van der Waals surface area contributed by atoms with E-state index in [0.29, 0.717) is 50.1 Å². The second kappa shape index (κ2) is 13.5. The monoisotopic (exact) mass is 605 g/mol. The Balaban J connectivity index is 1.35. The topological polar surface area (TPSA) is 124 Å². The van der Waals surface area contributed by atoms with Gasteiger partial charge in [-0.3, -0.25) is 19.3 Å². The number of fused-ring (bicyclic) bond motifs is 3. The Kier molecular flexibility index (Phi) is 9.74. The number of carbonyl (C=O) groups excluding carboxylic acids is 2. The largest absolute Gasteiger partial charge is 0.508 e. The Bertz CT molecular complexity index is 1440. The third-order valence-corrected chi connectivity index (χ3v) is 9.28. The normalized spacial score (nSPS) is 23.9. The molecule has 3 N–H and O–H groups in total. The molecule has 0 unspecified atom stereocenters. The van der Waals surface area contributed by atoms with Crippen molar-refractivity contribution in [1.29, 1.82) is 0 Å². The summed E-state index contributed by atoms with van der Waals surface area (Å²) in [6.45, 7) is 2.29. The maximum atomic E-state index is 13.6. The van der Waals surface area contributed by atoms with Crippen LogP contribution in [0.3, 0.4) is 0 Å². The number of nitrogens with zero attached hydrogens (tertiary/aromatic N) is 1. The van der Waals surface area contributed by atoms with Crippen LogP contribution in [0.2, 0.25) is 11.3 Å². The average molecular weight is 606 g/mol. The first-order valence-electron chi connectivity index (χ1n) is 15.0. The number of carboxylic acids is 1. The number of carboxylic acid groups (broad SMARTS) is 1. The minimum Gasteiger partial charge on any atom is -0.508 e. The van der Waals surface area contributed by atoms with E-state index in [9.17, 15) is 24.5 Å². The van der Waals surface area contributed by atoms with Gasteiger partial charge in [-0.15, -0.1) is 0 Å². The second-order valence-electron chi connectivity index (χ2n) is 11.8. The van der Waals surface area contributed by atoms with E-state index in [-0.39, 0.29) is 36.2 Å². The Morgan fingerprint density at radius 2 is 1.84 bits per heavy atom. The molecular weight excluding hydrogens is 569 g/mol. The van der Waals surface area contributed by atoms with Crippen molar-refractivity contribution in [2.75, 3.05) is 6.54 Å². The van der Waals surface area contributed by atoms with Crippen LogP contribution in [-0.2, 0) is 19.0 Å². The number of allylic oxidation sites excluding steroid dienone is 2. The van der Waals surface area contributed by atoms with Gasteiger partial charge in [0.2, 0.25) is 11.8 Å². The molecule has 226 valence electrons. The molecule has 1 aliphatic carbocycles. The number of phenolic OH excluding ortho intramolecular Hbond substituents is 1. The summed E-state index contributed by atoms with van der Waals surface area (Å²) in [5.41, 5.74) is 4.87. The molecule has 8 nitrogen and oxygen atoms in total. The predicted octanol–water partition coefficient (Wildman–Crippen LogP) is 5.83. The Morgan fingerprint density at radius 3 is 2.56 bits per heavy atom. The lowest BCUT2D eigenvalue weighted by Crippen LogP contribution is -2.46. The Hall–Kier alpha value is -3.40.